The fourth-order valence-corrected chi connectivity index (χ4v) is 3.07. The minimum Gasteiger partial charge on any atom is -0.496 e. The summed E-state index contributed by atoms with van der Waals surface area (Å²) in [6.45, 7) is 3.11. The molecule has 0 fully saturated rings. The van der Waals surface area contributed by atoms with Gasteiger partial charge in [-0.1, -0.05) is 0 Å². The van der Waals surface area contributed by atoms with Gasteiger partial charge in [0.1, 0.15) is 18.1 Å². The zero-order valence-electron chi connectivity index (χ0n) is 16.9. The number of aryl methyl sites for hydroxylation is 1. The van der Waals surface area contributed by atoms with Gasteiger partial charge in [0, 0.05) is 24.1 Å². The van der Waals surface area contributed by atoms with E-state index in [1.54, 1.807) is 28.4 Å². The number of nitrogens with zero attached hydrogens (tertiary/aromatic N) is 1. The molecule has 28 heavy (non-hydrogen) atoms. The maximum Gasteiger partial charge on any atom is 0.164 e. The Bertz CT molecular complexity index is 971. The van der Waals surface area contributed by atoms with Crippen LogP contribution in [0.15, 0.2) is 36.4 Å². The van der Waals surface area contributed by atoms with Gasteiger partial charge in [-0.25, -0.2) is 4.98 Å². The van der Waals surface area contributed by atoms with Crippen molar-refractivity contribution in [1.29, 1.82) is 0 Å². The predicted octanol–water partition coefficient (Wildman–Crippen LogP) is 4.26. The highest BCUT2D eigenvalue weighted by molar-refractivity contribution is 5.87. The van der Waals surface area contributed by atoms with E-state index in [-0.39, 0.29) is 0 Å². The van der Waals surface area contributed by atoms with E-state index in [0.717, 1.165) is 33.5 Å². The molecular formula is C22H25NO5. The van der Waals surface area contributed by atoms with Gasteiger partial charge < -0.3 is 23.7 Å². The first-order valence-electron chi connectivity index (χ1n) is 8.94. The third kappa shape index (κ3) is 3.97. The summed E-state index contributed by atoms with van der Waals surface area (Å²) in [7, 11) is 6.49. The summed E-state index contributed by atoms with van der Waals surface area (Å²) in [5.74, 6) is 2.70. The van der Waals surface area contributed by atoms with E-state index in [0.29, 0.717) is 30.5 Å². The fraction of sp³-hybridized carbons (Fsp3) is 0.318. The van der Waals surface area contributed by atoms with E-state index in [1.807, 2.05) is 36.4 Å². The van der Waals surface area contributed by atoms with Gasteiger partial charge in [0.05, 0.1) is 39.1 Å². The van der Waals surface area contributed by atoms with Crippen LogP contribution in [0.4, 0.5) is 0 Å². The van der Waals surface area contributed by atoms with Crippen molar-refractivity contribution in [2.45, 2.75) is 6.92 Å². The Morgan fingerprint density at radius 3 is 2.18 bits per heavy atom. The highest BCUT2D eigenvalue weighted by Crippen LogP contribution is 2.40. The molecule has 0 spiro atoms. The first-order chi connectivity index (χ1) is 13.6. The second kappa shape index (κ2) is 8.80. The first-order valence-corrected chi connectivity index (χ1v) is 8.94. The lowest BCUT2D eigenvalue weighted by atomic mass is 10.0. The summed E-state index contributed by atoms with van der Waals surface area (Å²) in [4.78, 5) is 4.83. The number of hydrogen-bond acceptors (Lipinski definition) is 6. The number of methoxy groups -OCH3 is 4. The van der Waals surface area contributed by atoms with Gasteiger partial charge in [-0.2, -0.15) is 0 Å². The molecule has 0 bridgehead atoms. The van der Waals surface area contributed by atoms with E-state index in [1.165, 1.54) is 0 Å². The number of rotatable bonds is 8. The third-order valence-corrected chi connectivity index (χ3v) is 4.52. The molecule has 148 valence electrons. The summed E-state index contributed by atoms with van der Waals surface area (Å²) >= 11 is 0. The van der Waals surface area contributed by atoms with E-state index in [9.17, 15) is 0 Å². The van der Waals surface area contributed by atoms with E-state index in [2.05, 4.69) is 6.92 Å². The Balaban J connectivity index is 2.06. The van der Waals surface area contributed by atoms with E-state index in [4.69, 9.17) is 28.7 Å². The summed E-state index contributed by atoms with van der Waals surface area (Å²) < 4.78 is 27.1. The van der Waals surface area contributed by atoms with Crippen molar-refractivity contribution in [2.75, 3.05) is 41.7 Å². The van der Waals surface area contributed by atoms with Crippen LogP contribution in [-0.4, -0.2) is 46.6 Å². The summed E-state index contributed by atoms with van der Waals surface area (Å²) in [5.41, 5.74) is 3.61. The summed E-state index contributed by atoms with van der Waals surface area (Å²) in [6.07, 6.45) is 0. The van der Waals surface area contributed by atoms with Crippen LogP contribution in [0.3, 0.4) is 0 Å². The first kappa shape index (κ1) is 19.8. The maximum atomic E-state index is 5.71. The summed E-state index contributed by atoms with van der Waals surface area (Å²) in [6, 6.07) is 11.6. The van der Waals surface area contributed by atoms with E-state index >= 15 is 0 Å². The monoisotopic (exact) mass is 383 g/mol. The number of aromatic nitrogens is 1. The minimum atomic E-state index is 0.509. The molecule has 0 aliphatic heterocycles. The molecule has 0 aliphatic rings. The van der Waals surface area contributed by atoms with Gasteiger partial charge in [0.2, 0.25) is 0 Å². The van der Waals surface area contributed by atoms with Crippen molar-refractivity contribution in [3.8, 4) is 34.3 Å². The van der Waals surface area contributed by atoms with Crippen LogP contribution in [0.5, 0.6) is 23.0 Å². The Morgan fingerprint density at radius 1 is 0.786 bits per heavy atom. The molecule has 0 atom stereocenters. The second-order valence-corrected chi connectivity index (χ2v) is 6.25. The molecule has 1 aromatic heterocycles. The zero-order chi connectivity index (χ0) is 20.1. The normalized spacial score (nSPS) is 10.8. The number of benzene rings is 2. The standard InChI is InChI=1S/C22H25NO5/c1-14-10-19(17-12-21(26-4)22(27-5)13-20(17)25-3)23-18-7-6-15(11-16(14)18)28-9-8-24-2/h6-7,10-13H,8-9H2,1-5H3. The van der Waals surface area contributed by atoms with Gasteiger partial charge in [-0.3, -0.25) is 0 Å². The molecule has 1 heterocycles. The highest BCUT2D eigenvalue weighted by Gasteiger charge is 2.16. The lowest BCUT2D eigenvalue weighted by molar-refractivity contribution is 0.146. The van der Waals surface area contributed by atoms with Crippen LogP contribution in [0, 0.1) is 6.92 Å². The lowest BCUT2D eigenvalue weighted by Gasteiger charge is -2.15. The van der Waals surface area contributed by atoms with Crippen molar-refractivity contribution in [1.82, 2.24) is 4.98 Å². The van der Waals surface area contributed by atoms with Crippen molar-refractivity contribution < 1.29 is 23.7 Å². The fourth-order valence-electron chi connectivity index (χ4n) is 3.07. The largest absolute Gasteiger partial charge is 0.496 e. The lowest BCUT2D eigenvalue weighted by Crippen LogP contribution is -2.04. The predicted molar refractivity (Wildman–Crippen MR) is 109 cm³/mol. The van der Waals surface area contributed by atoms with Crippen molar-refractivity contribution in [2.24, 2.45) is 0 Å². The molecule has 0 N–H and O–H groups in total. The number of hydrogen-bond donors (Lipinski definition) is 0. The SMILES string of the molecule is COCCOc1ccc2nc(-c3cc(OC)c(OC)cc3OC)cc(C)c2c1. The van der Waals surface area contributed by atoms with Crippen molar-refractivity contribution in [3.63, 3.8) is 0 Å². The molecule has 0 radical (unpaired) electrons. The molecule has 2 aromatic carbocycles. The van der Waals surface area contributed by atoms with Crippen LogP contribution < -0.4 is 18.9 Å². The number of ether oxygens (including phenoxy) is 5. The molecule has 0 saturated heterocycles. The van der Waals surface area contributed by atoms with Crippen LogP contribution in [-0.2, 0) is 4.74 Å². The molecule has 0 amide bonds. The average Bonchev–Trinajstić information content (AvgIpc) is 2.73. The smallest absolute Gasteiger partial charge is 0.164 e. The Kier molecular flexibility index (Phi) is 6.21. The molecule has 6 heteroatoms. The Hall–Kier alpha value is -2.99. The van der Waals surface area contributed by atoms with Crippen LogP contribution in [0.1, 0.15) is 5.56 Å². The van der Waals surface area contributed by atoms with Gasteiger partial charge >= 0.3 is 0 Å². The van der Waals surface area contributed by atoms with Gasteiger partial charge in [0.25, 0.3) is 0 Å². The van der Waals surface area contributed by atoms with Gasteiger partial charge in [0.15, 0.2) is 11.5 Å². The molecule has 6 nitrogen and oxygen atoms in total. The molecular weight excluding hydrogens is 358 g/mol. The quantitative estimate of drug-likeness (QED) is 0.542. The minimum absolute atomic E-state index is 0.509. The molecule has 0 unspecified atom stereocenters. The number of fused-ring (bicyclic) bond motifs is 1. The maximum absolute atomic E-state index is 5.71. The van der Waals surface area contributed by atoms with Gasteiger partial charge in [-0.05, 0) is 42.8 Å². The zero-order valence-corrected chi connectivity index (χ0v) is 16.9. The number of pyridine rings is 1. The molecule has 3 aromatic rings. The van der Waals surface area contributed by atoms with Gasteiger partial charge in [-0.15, -0.1) is 0 Å². The third-order valence-electron chi connectivity index (χ3n) is 4.52. The second-order valence-electron chi connectivity index (χ2n) is 6.25. The Morgan fingerprint density at radius 2 is 1.50 bits per heavy atom. The van der Waals surface area contributed by atoms with Crippen LogP contribution in [0.2, 0.25) is 0 Å². The van der Waals surface area contributed by atoms with Crippen LogP contribution in [0.25, 0.3) is 22.2 Å². The summed E-state index contributed by atoms with van der Waals surface area (Å²) in [5, 5.41) is 1.04. The van der Waals surface area contributed by atoms with Crippen molar-refractivity contribution >= 4 is 10.9 Å². The van der Waals surface area contributed by atoms with Crippen LogP contribution >= 0.6 is 0 Å². The topological polar surface area (TPSA) is 59.0 Å². The molecule has 0 aliphatic carbocycles. The van der Waals surface area contributed by atoms with Crippen molar-refractivity contribution in [3.05, 3.63) is 42.0 Å². The Labute approximate surface area is 165 Å². The molecule has 0 saturated carbocycles. The highest BCUT2D eigenvalue weighted by atomic mass is 16.5. The molecule has 3 rings (SSSR count). The van der Waals surface area contributed by atoms with E-state index < -0.39 is 0 Å². The average molecular weight is 383 g/mol.